The topological polar surface area (TPSA) is 75.2 Å². The first-order valence-corrected chi connectivity index (χ1v) is 7.67. The quantitative estimate of drug-likeness (QED) is 0.419. The lowest BCUT2D eigenvalue weighted by Crippen LogP contribution is -2.34. The lowest BCUT2D eigenvalue weighted by molar-refractivity contribution is -0.128. The molecular formula is C16H25IN4O3. The zero-order valence-corrected chi connectivity index (χ0v) is 16.6. The molecule has 1 aromatic carbocycles. The summed E-state index contributed by atoms with van der Waals surface area (Å²) in [5.74, 6) is 2.16. The van der Waals surface area contributed by atoms with Crippen LogP contribution in [-0.4, -0.2) is 57.7 Å². The summed E-state index contributed by atoms with van der Waals surface area (Å²) in [6.45, 7) is 1.83. The van der Waals surface area contributed by atoms with Crippen LogP contribution in [0.2, 0.25) is 0 Å². The maximum atomic E-state index is 11.6. The first kappa shape index (κ1) is 20.3. The summed E-state index contributed by atoms with van der Waals surface area (Å²) in [7, 11) is 5.17. The average molecular weight is 448 g/mol. The molecule has 0 saturated heterocycles. The van der Waals surface area contributed by atoms with Crippen molar-refractivity contribution in [3.05, 3.63) is 18.2 Å². The molecule has 24 heavy (non-hydrogen) atoms. The Morgan fingerprint density at radius 3 is 2.62 bits per heavy atom. The zero-order valence-electron chi connectivity index (χ0n) is 14.3. The van der Waals surface area contributed by atoms with Gasteiger partial charge in [-0.05, 0) is 12.1 Å². The van der Waals surface area contributed by atoms with Gasteiger partial charge >= 0.3 is 0 Å². The summed E-state index contributed by atoms with van der Waals surface area (Å²) in [5.41, 5.74) is 0.848. The molecule has 0 fully saturated rings. The molecule has 1 aromatic rings. The summed E-state index contributed by atoms with van der Waals surface area (Å²) in [6, 6.07) is 5.68. The fourth-order valence-electron chi connectivity index (χ4n) is 2.07. The number of nitrogens with one attached hydrogen (secondary N) is 2. The molecule has 1 amide bonds. The van der Waals surface area contributed by atoms with Gasteiger partial charge in [-0.15, -0.1) is 24.0 Å². The number of ether oxygens (including phenoxy) is 2. The smallest absolute Gasteiger partial charge is 0.223 e. The maximum absolute atomic E-state index is 11.6. The minimum Gasteiger partial charge on any atom is -0.490 e. The van der Waals surface area contributed by atoms with Gasteiger partial charge in [0.2, 0.25) is 5.91 Å². The Morgan fingerprint density at radius 1 is 1.25 bits per heavy atom. The number of halogens is 1. The highest BCUT2D eigenvalue weighted by Crippen LogP contribution is 2.32. The number of benzene rings is 1. The van der Waals surface area contributed by atoms with Crippen LogP contribution in [0.25, 0.3) is 0 Å². The van der Waals surface area contributed by atoms with Crippen LogP contribution in [0.1, 0.15) is 12.8 Å². The number of rotatable bonds is 4. The van der Waals surface area contributed by atoms with Crippen molar-refractivity contribution >= 4 is 41.5 Å². The van der Waals surface area contributed by atoms with E-state index in [9.17, 15) is 4.79 Å². The summed E-state index contributed by atoms with van der Waals surface area (Å²) < 4.78 is 11.3. The Kier molecular flexibility index (Phi) is 8.66. The molecule has 134 valence electrons. The Bertz CT molecular complexity index is 578. The predicted molar refractivity (Wildman–Crippen MR) is 106 cm³/mol. The molecule has 7 nitrogen and oxygen atoms in total. The summed E-state index contributed by atoms with van der Waals surface area (Å²) in [4.78, 5) is 17.3. The van der Waals surface area contributed by atoms with Crippen LogP contribution < -0.4 is 20.1 Å². The summed E-state index contributed by atoms with van der Waals surface area (Å²) in [6.07, 6.45) is 1.29. The van der Waals surface area contributed by atoms with Gasteiger partial charge in [0.05, 0.1) is 13.2 Å². The number of carbonyl (C=O) groups is 1. The van der Waals surface area contributed by atoms with Crippen molar-refractivity contribution in [2.24, 2.45) is 4.99 Å². The van der Waals surface area contributed by atoms with Gasteiger partial charge in [-0.3, -0.25) is 9.79 Å². The van der Waals surface area contributed by atoms with Crippen LogP contribution in [0.5, 0.6) is 11.5 Å². The van der Waals surface area contributed by atoms with E-state index in [0.29, 0.717) is 32.1 Å². The molecule has 1 aliphatic heterocycles. The van der Waals surface area contributed by atoms with E-state index >= 15 is 0 Å². The molecule has 0 unspecified atom stereocenters. The number of fused-ring (bicyclic) bond motifs is 1. The number of hydrogen-bond acceptors (Lipinski definition) is 4. The van der Waals surface area contributed by atoms with Gasteiger partial charge in [-0.2, -0.15) is 0 Å². The predicted octanol–water partition coefficient (Wildman–Crippen LogP) is 1.93. The monoisotopic (exact) mass is 448 g/mol. The third-order valence-electron chi connectivity index (χ3n) is 3.36. The third-order valence-corrected chi connectivity index (χ3v) is 3.36. The number of guanidine groups is 1. The van der Waals surface area contributed by atoms with Crippen molar-refractivity contribution in [1.82, 2.24) is 10.2 Å². The van der Waals surface area contributed by atoms with Crippen LogP contribution in [0.15, 0.2) is 23.2 Å². The van der Waals surface area contributed by atoms with Crippen LogP contribution in [0, 0.1) is 0 Å². The highest BCUT2D eigenvalue weighted by Gasteiger charge is 2.11. The fourth-order valence-corrected chi connectivity index (χ4v) is 2.07. The van der Waals surface area contributed by atoms with Gasteiger partial charge < -0.3 is 25.0 Å². The molecule has 2 rings (SSSR count). The largest absolute Gasteiger partial charge is 0.490 e. The first-order chi connectivity index (χ1) is 11.1. The minimum absolute atomic E-state index is 0. The van der Waals surface area contributed by atoms with Crippen LogP contribution >= 0.6 is 24.0 Å². The van der Waals surface area contributed by atoms with Crippen molar-refractivity contribution in [3.63, 3.8) is 0 Å². The van der Waals surface area contributed by atoms with E-state index in [1.807, 2.05) is 18.2 Å². The standard InChI is InChI=1S/C16H24N4O3.HI/c1-17-16(18-8-7-15(21)20(2)3)19-12-5-6-13-14(11-12)23-10-4-9-22-13;/h5-6,11H,4,7-10H2,1-3H3,(H2,17,18,19);1H. The Hall–Kier alpha value is -1.71. The molecule has 0 aromatic heterocycles. The van der Waals surface area contributed by atoms with Gasteiger partial charge in [0, 0.05) is 52.3 Å². The van der Waals surface area contributed by atoms with Crippen LogP contribution in [-0.2, 0) is 4.79 Å². The van der Waals surface area contributed by atoms with E-state index in [1.165, 1.54) is 0 Å². The number of nitrogens with zero attached hydrogens (tertiary/aromatic N) is 2. The van der Waals surface area contributed by atoms with Gasteiger partial charge in [-0.1, -0.05) is 0 Å². The van der Waals surface area contributed by atoms with E-state index in [-0.39, 0.29) is 29.9 Å². The minimum atomic E-state index is 0. The third kappa shape index (κ3) is 6.06. The number of anilines is 1. The van der Waals surface area contributed by atoms with Crippen molar-refractivity contribution in [2.75, 3.05) is 46.2 Å². The molecule has 1 heterocycles. The van der Waals surface area contributed by atoms with E-state index in [4.69, 9.17) is 9.47 Å². The van der Waals surface area contributed by atoms with E-state index in [1.54, 1.807) is 26.0 Å². The Balaban J connectivity index is 0.00000288. The van der Waals surface area contributed by atoms with Gasteiger partial charge in [0.15, 0.2) is 17.5 Å². The van der Waals surface area contributed by atoms with Crippen molar-refractivity contribution in [2.45, 2.75) is 12.8 Å². The van der Waals surface area contributed by atoms with Crippen molar-refractivity contribution < 1.29 is 14.3 Å². The number of amides is 1. The highest BCUT2D eigenvalue weighted by atomic mass is 127. The van der Waals surface area contributed by atoms with Crippen LogP contribution in [0.4, 0.5) is 5.69 Å². The number of aliphatic imine (C=N–C) groups is 1. The summed E-state index contributed by atoms with van der Waals surface area (Å²) in [5, 5.41) is 6.30. The van der Waals surface area contributed by atoms with Crippen LogP contribution in [0.3, 0.4) is 0 Å². The molecule has 0 bridgehead atoms. The van der Waals surface area contributed by atoms with Gasteiger partial charge in [-0.25, -0.2) is 0 Å². The summed E-state index contributed by atoms with van der Waals surface area (Å²) >= 11 is 0. The lowest BCUT2D eigenvalue weighted by atomic mass is 10.2. The van der Waals surface area contributed by atoms with Crippen molar-refractivity contribution in [1.29, 1.82) is 0 Å². The molecule has 0 radical (unpaired) electrons. The van der Waals surface area contributed by atoms with E-state index in [2.05, 4.69) is 15.6 Å². The second kappa shape index (κ2) is 10.2. The highest BCUT2D eigenvalue weighted by molar-refractivity contribution is 14.0. The first-order valence-electron chi connectivity index (χ1n) is 7.67. The van der Waals surface area contributed by atoms with Crippen molar-refractivity contribution in [3.8, 4) is 11.5 Å². The zero-order chi connectivity index (χ0) is 16.7. The van der Waals surface area contributed by atoms with E-state index in [0.717, 1.165) is 23.6 Å². The molecule has 0 aliphatic carbocycles. The second-order valence-corrected chi connectivity index (χ2v) is 5.37. The van der Waals surface area contributed by atoms with E-state index < -0.39 is 0 Å². The lowest BCUT2D eigenvalue weighted by Gasteiger charge is -2.15. The Morgan fingerprint density at radius 2 is 1.96 bits per heavy atom. The maximum Gasteiger partial charge on any atom is 0.223 e. The molecule has 0 saturated carbocycles. The molecule has 0 spiro atoms. The molecular weight excluding hydrogens is 423 g/mol. The second-order valence-electron chi connectivity index (χ2n) is 5.37. The SMILES string of the molecule is CN=C(NCCC(=O)N(C)C)Nc1ccc2c(c1)OCCCO2.I. The molecule has 2 N–H and O–H groups in total. The number of carbonyl (C=O) groups excluding carboxylic acids is 1. The molecule has 8 heteroatoms. The Labute approximate surface area is 159 Å². The molecule has 0 atom stereocenters. The van der Waals surface area contributed by atoms with Gasteiger partial charge in [0.25, 0.3) is 0 Å². The fraction of sp³-hybridized carbons (Fsp3) is 0.500. The molecule has 1 aliphatic rings. The normalized spacial score (nSPS) is 13.4. The van der Waals surface area contributed by atoms with Gasteiger partial charge in [0.1, 0.15) is 0 Å². The number of hydrogen-bond donors (Lipinski definition) is 2. The average Bonchev–Trinajstić information content (AvgIpc) is 2.78.